The molecular weight excluding hydrogens is 203 g/mol. The Morgan fingerprint density at radius 2 is 1.13 bits per heavy atom. The highest BCUT2D eigenvalue weighted by Gasteiger charge is 2.07. The first-order valence-electron chi connectivity index (χ1n) is 6.54. The fraction of sp³-hybridized carbons (Fsp3) is 1.00. The molecule has 92 valence electrons. The normalized spacial score (nSPS) is 11.6. The number of nitrogens with zero attached hydrogens (tertiary/aromatic N) is 2. The van der Waals surface area contributed by atoms with Crippen LogP contribution in [0.4, 0.5) is 0 Å². The highest BCUT2D eigenvalue weighted by molar-refractivity contribution is 7.32. The van der Waals surface area contributed by atoms with Gasteiger partial charge in [-0.05, 0) is 12.8 Å². The smallest absolute Gasteiger partial charge is 0.0240 e. The molecule has 0 aliphatic rings. The van der Waals surface area contributed by atoms with E-state index < -0.39 is 0 Å². The topological polar surface area (TPSA) is 6.48 Å². The van der Waals surface area contributed by atoms with E-state index in [1.807, 2.05) is 0 Å². The lowest BCUT2D eigenvalue weighted by molar-refractivity contribution is 0.403. The van der Waals surface area contributed by atoms with Gasteiger partial charge >= 0.3 is 0 Å². The van der Waals surface area contributed by atoms with Gasteiger partial charge in [-0.15, -0.1) is 0 Å². The second-order valence-electron chi connectivity index (χ2n) is 3.97. The van der Waals surface area contributed by atoms with Crippen LogP contribution in [0.3, 0.4) is 0 Å². The van der Waals surface area contributed by atoms with Crippen molar-refractivity contribution in [3.8, 4) is 0 Å². The molecule has 2 nitrogen and oxygen atoms in total. The SMILES string of the molecule is CCCCN(CC)PN(CC)CCCC. The Morgan fingerprint density at radius 3 is 1.40 bits per heavy atom. The number of hydrogen-bond donors (Lipinski definition) is 0. The van der Waals surface area contributed by atoms with Crippen molar-refractivity contribution in [2.45, 2.75) is 53.4 Å². The van der Waals surface area contributed by atoms with Crippen LogP contribution in [0.5, 0.6) is 0 Å². The molecule has 0 aliphatic heterocycles. The van der Waals surface area contributed by atoms with Crippen molar-refractivity contribution in [1.82, 2.24) is 9.34 Å². The van der Waals surface area contributed by atoms with Gasteiger partial charge < -0.3 is 0 Å². The first kappa shape index (κ1) is 15.3. The molecule has 0 amide bonds. The van der Waals surface area contributed by atoms with E-state index in [-0.39, 0.29) is 0 Å². The van der Waals surface area contributed by atoms with Crippen LogP contribution in [0.15, 0.2) is 0 Å². The summed E-state index contributed by atoms with van der Waals surface area (Å²) in [7, 11) is 0.901. The van der Waals surface area contributed by atoms with Gasteiger partial charge in [0.05, 0.1) is 0 Å². The summed E-state index contributed by atoms with van der Waals surface area (Å²) in [5.74, 6) is 0. The molecule has 0 spiro atoms. The molecule has 0 N–H and O–H groups in total. The molecule has 3 heteroatoms. The average molecular weight is 232 g/mol. The fourth-order valence-corrected chi connectivity index (χ4v) is 2.65. The first-order valence-corrected chi connectivity index (χ1v) is 7.43. The van der Waals surface area contributed by atoms with Crippen LogP contribution < -0.4 is 0 Å². The first-order chi connectivity index (χ1) is 7.28. The van der Waals surface area contributed by atoms with E-state index in [2.05, 4.69) is 37.0 Å². The Hall–Kier alpha value is 0.350. The van der Waals surface area contributed by atoms with Gasteiger partial charge in [0.1, 0.15) is 0 Å². The zero-order valence-corrected chi connectivity index (χ0v) is 12.1. The van der Waals surface area contributed by atoms with Crippen LogP contribution in [0.25, 0.3) is 0 Å². The molecule has 0 fully saturated rings. The third-order valence-electron chi connectivity index (χ3n) is 2.61. The second-order valence-corrected chi connectivity index (χ2v) is 5.43. The summed E-state index contributed by atoms with van der Waals surface area (Å²) < 4.78 is 5.17. The Labute approximate surface area is 98.3 Å². The second kappa shape index (κ2) is 10.9. The van der Waals surface area contributed by atoms with Gasteiger partial charge in [0.2, 0.25) is 0 Å². The van der Waals surface area contributed by atoms with Gasteiger partial charge in [-0.25, -0.2) is 0 Å². The molecule has 0 rings (SSSR count). The van der Waals surface area contributed by atoms with Crippen LogP contribution in [0, 0.1) is 0 Å². The standard InChI is InChI=1S/C12H29N2P/c1-5-9-11-13(7-3)15-14(8-4)12-10-6-2/h15H,5-12H2,1-4H3. The van der Waals surface area contributed by atoms with Crippen LogP contribution in [0.1, 0.15) is 53.4 Å². The van der Waals surface area contributed by atoms with E-state index in [9.17, 15) is 0 Å². The van der Waals surface area contributed by atoms with E-state index in [0.29, 0.717) is 0 Å². The molecule has 0 atom stereocenters. The third kappa shape index (κ3) is 8.19. The van der Waals surface area contributed by atoms with Gasteiger partial charge in [-0.3, -0.25) is 9.34 Å². The van der Waals surface area contributed by atoms with E-state index in [1.165, 1.54) is 51.9 Å². The van der Waals surface area contributed by atoms with Crippen molar-refractivity contribution < 1.29 is 0 Å². The van der Waals surface area contributed by atoms with Crippen molar-refractivity contribution >= 4 is 8.88 Å². The molecule has 0 unspecified atom stereocenters. The van der Waals surface area contributed by atoms with Gasteiger partial charge in [0.25, 0.3) is 0 Å². The molecule has 0 saturated carbocycles. The van der Waals surface area contributed by atoms with Crippen LogP contribution >= 0.6 is 8.88 Å². The predicted molar refractivity (Wildman–Crippen MR) is 72.6 cm³/mol. The highest BCUT2D eigenvalue weighted by Crippen LogP contribution is 2.24. The maximum Gasteiger partial charge on any atom is 0.0240 e. The average Bonchev–Trinajstić information content (AvgIpc) is 2.28. The molecule has 0 heterocycles. The van der Waals surface area contributed by atoms with Crippen molar-refractivity contribution in [2.24, 2.45) is 0 Å². The summed E-state index contributed by atoms with van der Waals surface area (Å²) in [5.41, 5.74) is 0. The summed E-state index contributed by atoms with van der Waals surface area (Å²) in [6.45, 7) is 14.0. The molecule has 0 aromatic heterocycles. The monoisotopic (exact) mass is 232 g/mol. The third-order valence-corrected chi connectivity index (χ3v) is 4.25. The number of unbranched alkanes of at least 4 members (excludes halogenated alkanes) is 2. The molecule has 15 heavy (non-hydrogen) atoms. The maximum absolute atomic E-state index is 2.59. The van der Waals surface area contributed by atoms with Crippen LogP contribution in [-0.2, 0) is 0 Å². The van der Waals surface area contributed by atoms with Crippen LogP contribution in [0.2, 0.25) is 0 Å². The molecule has 0 radical (unpaired) electrons. The molecule has 0 aromatic carbocycles. The van der Waals surface area contributed by atoms with Gasteiger partial charge in [0, 0.05) is 35.1 Å². The zero-order valence-electron chi connectivity index (χ0n) is 11.1. The molecular formula is C12H29N2P. The van der Waals surface area contributed by atoms with Gasteiger partial charge in [-0.1, -0.05) is 40.5 Å². The number of rotatable bonds is 10. The fourth-order valence-electron chi connectivity index (χ4n) is 1.46. The zero-order chi connectivity index (χ0) is 11.5. The Morgan fingerprint density at radius 1 is 0.733 bits per heavy atom. The summed E-state index contributed by atoms with van der Waals surface area (Å²) in [6, 6.07) is 0. The van der Waals surface area contributed by atoms with E-state index in [4.69, 9.17) is 0 Å². The summed E-state index contributed by atoms with van der Waals surface area (Å²) in [5, 5.41) is 0. The minimum atomic E-state index is 0.901. The molecule has 0 aromatic rings. The van der Waals surface area contributed by atoms with Crippen LogP contribution in [-0.4, -0.2) is 35.5 Å². The van der Waals surface area contributed by atoms with E-state index in [0.717, 1.165) is 8.88 Å². The quantitative estimate of drug-likeness (QED) is 0.529. The Kier molecular flexibility index (Phi) is 11.1. The van der Waals surface area contributed by atoms with Crippen molar-refractivity contribution in [3.05, 3.63) is 0 Å². The lowest BCUT2D eigenvalue weighted by atomic mass is 10.3. The predicted octanol–water partition coefficient (Wildman–Crippen LogP) is 3.74. The largest absolute Gasteiger partial charge is 0.273 e. The van der Waals surface area contributed by atoms with Crippen molar-refractivity contribution in [2.75, 3.05) is 26.2 Å². The number of hydrogen-bond acceptors (Lipinski definition) is 2. The Balaban J connectivity index is 3.77. The minimum Gasteiger partial charge on any atom is -0.273 e. The van der Waals surface area contributed by atoms with Gasteiger partial charge in [0.15, 0.2) is 0 Å². The van der Waals surface area contributed by atoms with Gasteiger partial charge in [-0.2, -0.15) is 0 Å². The van der Waals surface area contributed by atoms with Crippen molar-refractivity contribution in [3.63, 3.8) is 0 Å². The Bertz CT molecular complexity index is 117. The molecule has 0 bridgehead atoms. The lowest BCUT2D eigenvalue weighted by Gasteiger charge is -2.28. The maximum atomic E-state index is 2.59. The van der Waals surface area contributed by atoms with E-state index >= 15 is 0 Å². The minimum absolute atomic E-state index is 0.901. The summed E-state index contributed by atoms with van der Waals surface area (Å²) >= 11 is 0. The van der Waals surface area contributed by atoms with Crippen molar-refractivity contribution in [1.29, 1.82) is 0 Å². The lowest BCUT2D eigenvalue weighted by Crippen LogP contribution is -2.24. The summed E-state index contributed by atoms with van der Waals surface area (Å²) in [6.07, 6.45) is 5.29. The molecule has 0 aliphatic carbocycles. The highest BCUT2D eigenvalue weighted by atomic mass is 31.1. The summed E-state index contributed by atoms with van der Waals surface area (Å²) in [4.78, 5) is 0. The van der Waals surface area contributed by atoms with E-state index in [1.54, 1.807) is 0 Å². The molecule has 0 saturated heterocycles.